The summed E-state index contributed by atoms with van der Waals surface area (Å²) in [5.74, 6) is 0. The lowest BCUT2D eigenvalue weighted by atomic mass is 9.84. The molecular weight excluding hydrogens is 140 g/mol. The molecule has 0 bridgehead atoms. The molecule has 0 amide bonds. The fraction of sp³-hybridized carbons (Fsp3) is 1.00. The standard InChI is InChI=1S/C9H18O2/c1-7(10-4)5-9(2,3)8-6-11-8/h7-8H,5-6H2,1-4H3. The number of methoxy groups -OCH3 is 1. The average molecular weight is 158 g/mol. The van der Waals surface area contributed by atoms with E-state index in [9.17, 15) is 0 Å². The SMILES string of the molecule is COC(C)CC(C)(C)C1CO1. The molecule has 1 saturated heterocycles. The third kappa shape index (κ3) is 2.46. The normalized spacial score (nSPS) is 26.7. The molecule has 1 aliphatic heterocycles. The second-order valence-electron chi connectivity index (χ2n) is 4.06. The van der Waals surface area contributed by atoms with Gasteiger partial charge in [-0.3, -0.25) is 0 Å². The molecule has 0 aromatic rings. The van der Waals surface area contributed by atoms with Crippen molar-refractivity contribution in [2.45, 2.75) is 39.4 Å². The third-order valence-corrected chi connectivity index (χ3v) is 2.42. The van der Waals surface area contributed by atoms with Crippen LogP contribution in [0.15, 0.2) is 0 Å². The fourth-order valence-corrected chi connectivity index (χ4v) is 1.45. The first-order valence-electron chi connectivity index (χ1n) is 4.20. The molecule has 2 nitrogen and oxygen atoms in total. The van der Waals surface area contributed by atoms with E-state index in [1.165, 1.54) is 0 Å². The zero-order valence-corrected chi connectivity index (χ0v) is 7.89. The summed E-state index contributed by atoms with van der Waals surface area (Å²) in [7, 11) is 1.76. The maximum Gasteiger partial charge on any atom is 0.0861 e. The first kappa shape index (κ1) is 9.01. The van der Waals surface area contributed by atoms with Gasteiger partial charge in [0.2, 0.25) is 0 Å². The van der Waals surface area contributed by atoms with E-state index in [0.717, 1.165) is 13.0 Å². The second kappa shape index (κ2) is 3.11. The molecular formula is C9H18O2. The molecule has 1 fully saturated rings. The van der Waals surface area contributed by atoms with E-state index in [2.05, 4.69) is 20.8 Å². The van der Waals surface area contributed by atoms with Crippen LogP contribution in [0.5, 0.6) is 0 Å². The van der Waals surface area contributed by atoms with E-state index < -0.39 is 0 Å². The summed E-state index contributed by atoms with van der Waals surface area (Å²) >= 11 is 0. The van der Waals surface area contributed by atoms with Crippen molar-refractivity contribution in [3.8, 4) is 0 Å². The van der Waals surface area contributed by atoms with Crippen molar-refractivity contribution in [3.05, 3.63) is 0 Å². The maximum atomic E-state index is 5.26. The van der Waals surface area contributed by atoms with Gasteiger partial charge in [0, 0.05) is 7.11 Å². The zero-order chi connectivity index (χ0) is 8.48. The van der Waals surface area contributed by atoms with Gasteiger partial charge in [0.05, 0.1) is 18.8 Å². The van der Waals surface area contributed by atoms with Gasteiger partial charge in [-0.2, -0.15) is 0 Å². The Balaban J connectivity index is 2.32. The van der Waals surface area contributed by atoms with Crippen LogP contribution in [0.25, 0.3) is 0 Å². The number of hydrogen-bond donors (Lipinski definition) is 0. The molecule has 1 rings (SSSR count). The van der Waals surface area contributed by atoms with Crippen LogP contribution in [0.3, 0.4) is 0 Å². The highest BCUT2D eigenvalue weighted by atomic mass is 16.6. The molecule has 0 N–H and O–H groups in total. The van der Waals surface area contributed by atoms with Crippen LogP contribution in [-0.4, -0.2) is 25.9 Å². The number of hydrogen-bond acceptors (Lipinski definition) is 2. The van der Waals surface area contributed by atoms with Gasteiger partial charge in [-0.15, -0.1) is 0 Å². The molecule has 0 aromatic heterocycles. The van der Waals surface area contributed by atoms with Crippen LogP contribution in [0, 0.1) is 5.41 Å². The van der Waals surface area contributed by atoms with Crippen LogP contribution in [0.2, 0.25) is 0 Å². The smallest absolute Gasteiger partial charge is 0.0861 e. The molecule has 1 aliphatic rings. The molecule has 11 heavy (non-hydrogen) atoms. The van der Waals surface area contributed by atoms with Gasteiger partial charge in [0.25, 0.3) is 0 Å². The largest absolute Gasteiger partial charge is 0.382 e. The topological polar surface area (TPSA) is 21.8 Å². The van der Waals surface area contributed by atoms with Gasteiger partial charge in [-0.1, -0.05) is 13.8 Å². The zero-order valence-electron chi connectivity index (χ0n) is 7.89. The van der Waals surface area contributed by atoms with Gasteiger partial charge < -0.3 is 9.47 Å². The number of rotatable bonds is 4. The Morgan fingerprint density at radius 2 is 2.18 bits per heavy atom. The van der Waals surface area contributed by atoms with E-state index in [1.54, 1.807) is 7.11 Å². The summed E-state index contributed by atoms with van der Waals surface area (Å²) in [6.07, 6.45) is 1.89. The van der Waals surface area contributed by atoms with Crippen molar-refractivity contribution in [2.24, 2.45) is 5.41 Å². The van der Waals surface area contributed by atoms with E-state index in [1.807, 2.05) is 0 Å². The summed E-state index contributed by atoms with van der Waals surface area (Å²) in [6.45, 7) is 7.51. The lowest BCUT2D eigenvalue weighted by Crippen LogP contribution is -2.25. The van der Waals surface area contributed by atoms with Crippen LogP contribution < -0.4 is 0 Å². The Kier molecular flexibility index (Phi) is 2.55. The van der Waals surface area contributed by atoms with Crippen molar-refractivity contribution in [2.75, 3.05) is 13.7 Å². The molecule has 1 heterocycles. The average Bonchev–Trinajstić information content (AvgIpc) is 2.66. The lowest BCUT2D eigenvalue weighted by molar-refractivity contribution is 0.0648. The summed E-state index contributed by atoms with van der Waals surface area (Å²) < 4.78 is 10.5. The van der Waals surface area contributed by atoms with Crippen molar-refractivity contribution in [1.82, 2.24) is 0 Å². The van der Waals surface area contributed by atoms with Crippen LogP contribution in [-0.2, 0) is 9.47 Å². The minimum Gasteiger partial charge on any atom is -0.382 e. The summed E-state index contributed by atoms with van der Waals surface area (Å²) in [4.78, 5) is 0. The van der Waals surface area contributed by atoms with Crippen LogP contribution in [0.4, 0.5) is 0 Å². The van der Waals surface area contributed by atoms with E-state index >= 15 is 0 Å². The molecule has 0 saturated carbocycles. The number of epoxide rings is 1. The van der Waals surface area contributed by atoms with Gasteiger partial charge in [0.1, 0.15) is 0 Å². The van der Waals surface area contributed by atoms with Crippen LogP contribution >= 0.6 is 0 Å². The highest BCUT2D eigenvalue weighted by Crippen LogP contribution is 2.36. The monoisotopic (exact) mass is 158 g/mol. The molecule has 2 unspecified atom stereocenters. The fourth-order valence-electron chi connectivity index (χ4n) is 1.45. The Morgan fingerprint density at radius 3 is 2.55 bits per heavy atom. The molecule has 2 heteroatoms. The quantitative estimate of drug-likeness (QED) is 0.582. The maximum absolute atomic E-state index is 5.26. The van der Waals surface area contributed by atoms with Crippen molar-refractivity contribution in [1.29, 1.82) is 0 Å². The Bertz CT molecular complexity index is 128. The van der Waals surface area contributed by atoms with E-state index in [4.69, 9.17) is 9.47 Å². The Hall–Kier alpha value is -0.0800. The minimum absolute atomic E-state index is 0.287. The van der Waals surface area contributed by atoms with Gasteiger partial charge in [0.15, 0.2) is 0 Å². The molecule has 2 atom stereocenters. The first-order valence-corrected chi connectivity index (χ1v) is 4.20. The van der Waals surface area contributed by atoms with E-state index in [0.29, 0.717) is 12.2 Å². The third-order valence-electron chi connectivity index (χ3n) is 2.42. The van der Waals surface area contributed by atoms with E-state index in [-0.39, 0.29) is 5.41 Å². The predicted octanol–water partition coefficient (Wildman–Crippen LogP) is 1.84. The first-order chi connectivity index (χ1) is 5.06. The number of ether oxygens (including phenoxy) is 2. The lowest BCUT2D eigenvalue weighted by Gasteiger charge is -2.25. The van der Waals surface area contributed by atoms with Gasteiger partial charge in [-0.25, -0.2) is 0 Å². The molecule has 0 aliphatic carbocycles. The Morgan fingerprint density at radius 1 is 1.64 bits per heavy atom. The van der Waals surface area contributed by atoms with Gasteiger partial charge >= 0.3 is 0 Å². The highest BCUT2D eigenvalue weighted by Gasteiger charge is 2.40. The highest BCUT2D eigenvalue weighted by molar-refractivity contribution is 4.87. The predicted molar refractivity (Wildman–Crippen MR) is 44.6 cm³/mol. The minimum atomic E-state index is 0.287. The van der Waals surface area contributed by atoms with Crippen molar-refractivity contribution in [3.63, 3.8) is 0 Å². The summed E-state index contributed by atoms with van der Waals surface area (Å²) in [5, 5.41) is 0. The van der Waals surface area contributed by atoms with Gasteiger partial charge in [-0.05, 0) is 18.8 Å². The molecule has 0 spiro atoms. The van der Waals surface area contributed by atoms with Crippen molar-refractivity contribution >= 4 is 0 Å². The second-order valence-corrected chi connectivity index (χ2v) is 4.06. The summed E-state index contributed by atoms with van der Waals surface area (Å²) in [6, 6.07) is 0. The van der Waals surface area contributed by atoms with Crippen LogP contribution in [0.1, 0.15) is 27.2 Å². The molecule has 0 radical (unpaired) electrons. The Labute approximate surface area is 68.9 Å². The summed E-state index contributed by atoms with van der Waals surface area (Å²) in [5.41, 5.74) is 0.287. The van der Waals surface area contributed by atoms with Crippen molar-refractivity contribution < 1.29 is 9.47 Å². The molecule has 66 valence electrons. The molecule has 0 aromatic carbocycles.